The first-order valence-corrected chi connectivity index (χ1v) is 7.14. The molecule has 0 spiro atoms. The number of halogens is 2. The van der Waals surface area contributed by atoms with Crippen LogP contribution in [0.3, 0.4) is 0 Å². The van der Waals surface area contributed by atoms with E-state index >= 15 is 0 Å². The molecular weight excluding hydrogens is 318 g/mol. The summed E-state index contributed by atoms with van der Waals surface area (Å²) in [6.07, 6.45) is 0. The lowest BCUT2D eigenvalue weighted by molar-refractivity contribution is -0.115. The van der Waals surface area contributed by atoms with Crippen molar-refractivity contribution in [3.63, 3.8) is 0 Å². The molecule has 0 heterocycles. The summed E-state index contributed by atoms with van der Waals surface area (Å²) in [7, 11) is 0. The lowest BCUT2D eigenvalue weighted by Crippen LogP contribution is -2.33. The number of amides is 2. The lowest BCUT2D eigenvalue weighted by atomic mass is 10.1. The molecule has 0 fully saturated rings. The fourth-order valence-electron chi connectivity index (χ4n) is 2.01. The fraction of sp³-hybridized carbons (Fsp3) is 0.176. The number of hydrogen-bond donors (Lipinski definition) is 2. The van der Waals surface area contributed by atoms with Gasteiger partial charge < -0.3 is 15.4 Å². The second-order valence-electron chi connectivity index (χ2n) is 4.95. The predicted octanol–water partition coefficient (Wildman–Crippen LogP) is 2.96. The fourth-order valence-corrected chi connectivity index (χ4v) is 2.01. The molecule has 2 amide bonds. The molecule has 0 atom stereocenters. The SMILES string of the molecule is Cc1ccccc1C(=O)NCC(=O)Nc1ccc(OC(F)F)cc1. The predicted molar refractivity (Wildman–Crippen MR) is 85.2 cm³/mol. The second-order valence-corrected chi connectivity index (χ2v) is 4.95. The number of anilines is 1. The van der Waals surface area contributed by atoms with Gasteiger partial charge >= 0.3 is 6.61 Å². The lowest BCUT2D eigenvalue weighted by Gasteiger charge is -2.09. The van der Waals surface area contributed by atoms with Gasteiger partial charge in [-0.3, -0.25) is 9.59 Å². The number of benzene rings is 2. The number of rotatable bonds is 6. The monoisotopic (exact) mass is 334 g/mol. The molecule has 0 radical (unpaired) electrons. The highest BCUT2D eigenvalue weighted by Crippen LogP contribution is 2.17. The zero-order valence-electron chi connectivity index (χ0n) is 12.9. The average molecular weight is 334 g/mol. The van der Waals surface area contributed by atoms with Crippen molar-refractivity contribution < 1.29 is 23.1 Å². The number of carbonyl (C=O) groups excluding carboxylic acids is 2. The van der Waals surface area contributed by atoms with E-state index in [1.54, 1.807) is 25.1 Å². The molecule has 0 unspecified atom stereocenters. The molecule has 24 heavy (non-hydrogen) atoms. The van der Waals surface area contributed by atoms with E-state index in [0.717, 1.165) is 5.56 Å². The van der Waals surface area contributed by atoms with Gasteiger partial charge in [0.25, 0.3) is 5.91 Å². The summed E-state index contributed by atoms with van der Waals surface area (Å²) in [4.78, 5) is 23.8. The highest BCUT2D eigenvalue weighted by Gasteiger charge is 2.10. The molecule has 2 aromatic carbocycles. The zero-order valence-corrected chi connectivity index (χ0v) is 12.9. The highest BCUT2D eigenvalue weighted by atomic mass is 19.3. The van der Waals surface area contributed by atoms with E-state index in [1.807, 2.05) is 6.07 Å². The van der Waals surface area contributed by atoms with Crippen molar-refractivity contribution >= 4 is 17.5 Å². The Bertz CT molecular complexity index is 718. The number of nitrogens with one attached hydrogen (secondary N) is 2. The van der Waals surface area contributed by atoms with Gasteiger partial charge in [0.2, 0.25) is 5.91 Å². The third-order valence-electron chi connectivity index (χ3n) is 3.16. The molecule has 2 rings (SSSR count). The Morgan fingerprint density at radius 2 is 1.75 bits per heavy atom. The molecule has 0 aliphatic rings. The molecule has 0 aliphatic carbocycles. The van der Waals surface area contributed by atoms with Gasteiger partial charge in [-0.05, 0) is 42.8 Å². The first kappa shape index (κ1) is 17.4. The minimum absolute atomic E-state index is 0.00384. The topological polar surface area (TPSA) is 67.4 Å². The Morgan fingerprint density at radius 1 is 1.08 bits per heavy atom. The van der Waals surface area contributed by atoms with Crippen molar-refractivity contribution in [2.24, 2.45) is 0 Å². The number of carbonyl (C=O) groups is 2. The van der Waals surface area contributed by atoms with Gasteiger partial charge in [-0.25, -0.2) is 0 Å². The zero-order chi connectivity index (χ0) is 17.5. The average Bonchev–Trinajstić information content (AvgIpc) is 2.54. The summed E-state index contributed by atoms with van der Waals surface area (Å²) in [6, 6.07) is 12.5. The maximum absolute atomic E-state index is 12.0. The number of hydrogen-bond acceptors (Lipinski definition) is 3. The van der Waals surface area contributed by atoms with E-state index in [0.29, 0.717) is 11.3 Å². The minimum Gasteiger partial charge on any atom is -0.435 e. The van der Waals surface area contributed by atoms with Crippen LogP contribution in [-0.4, -0.2) is 25.0 Å². The molecule has 0 aliphatic heterocycles. The smallest absolute Gasteiger partial charge is 0.387 e. The van der Waals surface area contributed by atoms with Crippen LogP contribution in [-0.2, 0) is 4.79 Å². The Hall–Kier alpha value is -2.96. The van der Waals surface area contributed by atoms with Crippen LogP contribution < -0.4 is 15.4 Å². The van der Waals surface area contributed by atoms with E-state index in [4.69, 9.17) is 0 Å². The summed E-state index contributed by atoms with van der Waals surface area (Å²) in [6.45, 7) is -1.30. The van der Waals surface area contributed by atoms with Crippen molar-refractivity contribution in [1.29, 1.82) is 0 Å². The van der Waals surface area contributed by atoms with E-state index in [2.05, 4.69) is 15.4 Å². The third-order valence-corrected chi connectivity index (χ3v) is 3.16. The van der Waals surface area contributed by atoms with Crippen molar-refractivity contribution in [2.45, 2.75) is 13.5 Å². The quantitative estimate of drug-likeness (QED) is 0.853. The van der Waals surface area contributed by atoms with Gasteiger partial charge in [0.15, 0.2) is 0 Å². The normalized spacial score (nSPS) is 10.3. The van der Waals surface area contributed by atoms with E-state index < -0.39 is 12.5 Å². The van der Waals surface area contributed by atoms with Crippen LogP contribution in [0.2, 0.25) is 0 Å². The van der Waals surface area contributed by atoms with Crippen molar-refractivity contribution in [3.05, 3.63) is 59.7 Å². The highest BCUT2D eigenvalue weighted by molar-refractivity contribution is 6.00. The van der Waals surface area contributed by atoms with E-state index in [9.17, 15) is 18.4 Å². The molecule has 2 aromatic rings. The molecule has 7 heteroatoms. The molecule has 0 bridgehead atoms. The minimum atomic E-state index is -2.90. The molecule has 5 nitrogen and oxygen atoms in total. The van der Waals surface area contributed by atoms with Crippen LogP contribution in [0.15, 0.2) is 48.5 Å². The van der Waals surface area contributed by atoms with E-state index in [1.165, 1.54) is 24.3 Å². The van der Waals surface area contributed by atoms with Gasteiger partial charge in [0.05, 0.1) is 6.54 Å². The van der Waals surface area contributed by atoms with Crippen molar-refractivity contribution in [3.8, 4) is 5.75 Å². The Labute approximate surface area is 137 Å². The number of alkyl halides is 2. The maximum atomic E-state index is 12.0. The first-order chi connectivity index (χ1) is 11.5. The van der Waals surface area contributed by atoms with E-state index in [-0.39, 0.29) is 18.2 Å². The Kier molecular flexibility index (Phi) is 5.83. The Morgan fingerprint density at radius 3 is 2.38 bits per heavy atom. The summed E-state index contributed by atoms with van der Waals surface area (Å²) in [5, 5.41) is 5.07. The molecule has 0 saturated heterocycles. The Balaban J connectivity index is 1.85. The van der Waals surface area contributed by atoms with Crippen LogP contribution in [0, 0.1) is 6.92 Å². The summed E-state index contributed by atoms with van der Waals surface area (Å²) >= 11 is 0. The first-order valence-electron chi connectivity index (χ1n) is 7.14. The largest absolute Gasteiger partial charge is 0.435 e. The summed E-state index contributed by atoms with van der Waals surface area (Å²) in [5.41, 5.74) is 1.72. The van der Waals surface area contributed by atoms with Gasteiger partial charge in [-0.1, -0.05) is 18.2 Å². The van der Waals surface area contributed by atoms with Crippen LogP contribution in [0.4, 0.5) is 14.5 Å². The second kappa shape index (κ2) is 8.05. The van der Waals surface area contributed by atoms with Gasteiger partial charge in [-0.15, -0.1) is 0 Å². The van der Waals surface area contributed by atoms with Crippen molar-refractivity contribution in [1.82, 2.24) is 5.32 Å². The summed E-state index contributed by atoms with van der Waals surface area (Å²) < 4.78 is 28.3. The van der Waals surface area contributed by atoms with Crippen molar-refractivity contribution in [2.75, 3.05) is 11.9 Å². The maximum Gasteiger partial charge on any atom is 0.387 e. The molecule has 2 N–H and O–H groups in total. The standard InChI is InChI=1S/C17H16F2N2O3/c1-11-4-2-3-5-14(11)16(23)20-10-15(22)21-12-6-8-13(9-7-12)24-17(18)19/h2-9,17H,10H2,1H3,(H,20,23)(H,21,22). The number of ether oxygens (including phenoxy) is 1. The van der Waals surface area contributed by atoms with Crippen LogP contribution in [0.1, 0.15) is 15.9 Å². The molecular formula is C17H16F2N2O3. The van der Waals surface area contributed by atoms with Gasteiger partial charge in [0.1, 0.15) is 5.75 Å². The van der Waals surface area contributed by atoms with Crippen LogP contribution in [0.5, 0.6) is 5.75 Å². The number of aryl methyl sites for hydroxylation is 1. The molecule has 0 aromatic heterocycles. The summed E-state index contributed by atoms with van der Waals surface area (Å²) in [5.74, 6) is -0.778. The van der Waals surface area contributed by atoms with Gasteiger partial charge in [0, 0.05) is 11.3 Å². The molecule has 0 saturated carbocycles. The van der Waals surface area contributed by atoms with Crippen LogP contribution in [0.25, 0.3) is 0 Å². The van der Waals surface area contributed by atoms with Gasteiger partial charge in [-0.2, -0.15) is 8.78 Å². The third kappa shape index (κ3) is 5.05. The van der Waals surface area contributed by atoms with Crippen LogP contribution >= 0.6 is 0 Å². The molecule has 126 valence electrons.